The molecular formula is C13H24N2O3. The molecule has 2 atom stereocenters. The molecule has 5 nitrogen and oxygen atoms in total. The molecule has 0 aromatic heterocycles. The number of nitrogens with zero attached hydrogens (tertiary/aromatic N) is 1. The zero-order valence-electron chi connectivity index (χ0n) is 11.7. The SMILES string of the molecule is CC1CC(NC(=O)CC(C)(C)C(=O)O)CCN1C. The van der Waals surface area contributed by atoms with Crippen LogP contribution in [0.5, 0.6) is 0 Å². The molecule has 1 fully saturated rings. The smallest absolute Gasteiger partial charge is 0.309 e. The highest BCUT2D eigenvalue weighted by atomic mass is 16.4. The number of amides is 1. The monoisotopic (exact) mass is 256 g/mol. The molecule has 0 saturated carbocycles. The minimum absolute atomic E-state index is 0.0308. The van der Waals surface area contributed by atoms with E-state index in [1.54, 1.807) is 13.8 Å². The molecule has 1 heterocycles. The predicted octanol–water partition coefficient (Wildman–Crippen LogP) is 1.09. The Bertz CT molecular complexity index is 328. The molecule has 0 aromatic rings. The van der Waals surface area contributed by atoms with E-state index in [1.807, 2.05) is 0 Å². The summed E-state index contributed by atoms with van der Waals surface area (Å²) < 4.78 is 0. The van der Waals surface area contributed by atoms with Crippen LogP contribution < -0.4 is 5.32 Å². The van der Waals surface area contributed by atoms with Crippen molar-refractivity contribution < 1.29 is 14.7 Å². The molecule has 1 aliphatic heterocycles. The van der Waals surface area contributed by atoms with Crippen LogP contribution in [0.3, 0.4) is 0 Å². The number of carboxylic acid groups (broad SMARTS) is 1. The van der Waals surface area contributed by atoms with Crippen molar-refractivity contribution in [1.29, 1.82) is 0 Å². The highest BCUT2D eigenvalue weighted by Gasteiger charge is 2.31. The molecule has 0 bridgehead atoms. The summed E-state index contributed by atoms with van der Waals surface area (Å²) in [5, 5.41) is 11.9. The molecule has 1 amide bonds. The normalized spacial score (nSPS) is 25.8. The minimum Gasteiger partial charge on any atom is -0.481 e. The summed E-state index contributed by atoms with van der Waals surface area (Å²) in [6.07, 6.45) is 1.89. The molecule has 0 aromatic carbocycles. The van der Waals surface area contributed by atoms with Gasteiger partial charge in [0.2, 0.25) is 5.91 Å². The lowest BCUT2D eigenvalue weighted by molar-refractivity contribution is -0.149. The Balaban J connectivity index is 2.44. The lowest BCUT2D eigenvalue weighted by Gasteiger charge is -2.35. The van der Waals surface area contributed by atoms with Gasteiger partial charge in [0, 0.05) is 25.0 Å². The van der Waals surface area contributed by atoms with E-state index in [2.05, 4.69) is 24.2 Å². The van der Waals surface area contributed by atoms with Crippen LogP contribution in [0.2, 0.25) is 0 Å². The Morgan fingerprint density at radius 3 is 2.56 bits per heavy atom. The van der Waals surface area contributed by atoms with Crippen LogP contribution >= 0.6 is 0 Å². The quantitative estimate of drug-likeness (QED) is 0.790. The van der Waals surface area contributed by atoms with E-state index >= 15 is 0 Å². The standard InChI is InChI=1S/C13H24N2O3/c1-9-7-10(5-6-15(9)4)14-11(16)8-13(2,3)12(17)18/h9-10H,5-8H2,1-4H3,(H,14,16)(H,17,18). The summed E-state index contributed by atoms with van der Waals surface area (Å²) in [5.41, 5.74) is -0.999. The summed E-state index contributed by atoms with van der Waals surface area (Å²) in [6.45, 7) is 6.26. The largest absolute Gasteiger partial charge is 0.481 e. The van der Waals surface area contributed by atoms with Gasteiger partial charge in [-0.1, -0.05) is 0 Å². The van der Waals surface area contributed by atoms with Crippen molar-refractivity contribution in [3.63, 3.8) is 0 Å². The highest BCUT2D eigenvalue weighted by Crippen LogP contribution is 2.21. The van der Waals surface area contributed by atoms with Crippen LogP contribution in [0.1, 0.15) is 40.0 Å². The molecule has 104 valence electrons. The van der Waals surface area contributed by atoms with Gasteiger partial charge in [-0.3, -0.25) is 9.59 Å². The zero-order chi connectivity index (χ0) is 13.9. The summed E-state index contributed by atoms with van der Waals surface area (Å²) in [6, 6.07) is 0.629. The summed E-state index contributed by atoms with van der Waals surface area (Å²) >= 11 is 0. The summed E-state index contributed by atoms with van der Waals surface area (Å²) in [5.74, 6) is -1.10. The van der Waals surface area contributed by atoms with Gasteiger partial charge in [0.1, 0.15) is 0 Å². The first-order chi connectivity index (χ1) is 8.22. The molecule has 18 heavy (non-hydrogen) atoms. The van der Waals surface area contributed by atoms with Crippen molar-refractivity contribution in [1.82, 2.24) is 10.2 Å². The van der Waals surface area contributed by atoms with E-state index in [-0.39, 0.29) is 18.4 Å². The molecule has 0 radical (unpaired) electrons. The van der Waals surface area contributed by atoms with Gasteiger partial charge in [0.25, 0.3) is 0 Å². The highest BCUT2D eigenvalue weighted by molar-refractivity contribution is 5.84. The second kappa shape index (κ2) is 5.69. The molecule has 1 aliphatic rings. The molecular weight excluding hydrogens is 232 g/mol. The van der Waals surface area contributed by atoms with Crippen LogP contribution in [0.25, 0.3) is 0 Å². The average molecular weight is 256 g/mol. The third-order valence-electron chi connectivity index (χ3n) is 3.75. The summed E-state index contributed by atoms with van der Waals surface area (Å²) in [7, 11) is 2.08. The lowest BCUT2D eigenvalue weighted by atomic mass is 9.89. The maximum absolute atomic E-state index is 11.8. The van der Waals surface area contributed by atoms with Gasteiger partial charge >= 0.3 is 5.97 Å². The van der Waals surface area contributed by atoms with E-state index in [0.29, 0.717) is 6.04 Å². The number of carbonyl (C=O) groups excluding carboxylic acids is 1. The van der Waals surface area contributed by atoms with Gasteiger partial charge in [-0.15, -0.1) is 0 Å². The molecule has 0 spiro atoms. The minimum atomic E-state index is -0.999. The number of rotatable bonds is 4. The second-order valence-electron chi connectivity index (χ2n) is 5.98. The van der Waals surface area contributed by atoms with Crippen LogP contribution in [0.4, 0.5) is 0 Å². The second-order valence-corrected chi connectivity index (χ2v) is 5.98. The number of carbonyl (C=O) groups is 2. The topological polar surface area (TPSA) is 69.6 Å². The van der Waals surface area contributed by atoms with Crippen LogP contribution in [0.15, 0.2) is 0 Å². The summed E-state index contributed by atoms with van der Waals surface area (Å²) in [4.78, 5) is 25.1. The molecule has 0 aliphatic carbocycles. The van der Waals surface area contributed by atoms with Gasteiger partial charge < -0.3 is 15.3 Å². The predicted molar refractivity (Wildman–Crippen MR) is 69.3 cm³/mol. The fourth-order valence-electron chi connectivity index (χ4n) is 2.18. The van der Waals surface area contributed by atoms with Crippen LogP contribution in [-0.4, -0.2) is 47.6 Å². The molecule has 5 heteroatoms. The van der Waals surface area contributed by atoms with Crippen molar-refractivity contribution in [2.45, 2.75) is 52.1 Å². The Morgan fingerprint density at radius 2 is 2.06 bits per heavy atom. The van der Waals surface area contributed by atoms with E-state index < -0.39 is 11.4 Å². The van der Waals surface area contributed by atoms with Crippen molar-refractivity contribution >= 4 is 11.9 Å². The maximum atomic E-state index is 11.8. The number of hydrogen-bond acceptors (Lipinski definition) is 3. The molecule has 1 rings (SSSR count). The fraction of sp³-hybridized carbons (Fsp3) is 0.846. The van der Waals surface area contributed by atoms with Crippen LogP contribution in [0, 0.1) is 5.41 Å². The number of carboxylic acids is 1. The van der Waals surface area contributed by atoms with Gasteiger partial charge in [-0.05, 0) is 40.7 Å². The third kappa shape index (κ3) is 3.98. The van der Waals surface area contributed by atoms with Gasteiger partial charge in [-0.25, -0.2) is 0 Å². The van der Waals surface area contributed by atoms with E-state index in [0.717, 1.165) is 19.4 Å². The first-order valence-electron chi connectivity index (χ1n) is 6.45. The van der Waals surface area contributed by atoms with Crippen molar-refractivity contribution in [3.8, 4) is 0 Å². The van der Waals surface area contributed by atoms with Gasteiger partial charge in [-0.2, -0.15) is 0 Å². The number of piperidine rings is 1. The van der Waals surface area contributed by atoms with E-state index in [1.165, 1.54) is 0 Å². The average Bonchev–Trinajstić information content (AvgIpc) is 2.22. The number of hydrogen-bond donors (Lipinski definition) is 2. The Labute approximate surface area is 109 Å². The Morgan fingerprint density at radius 1 is 1.44 bits per heavy atom. The van der Waals surface area contributed by atoms with Crippen molar-refractivity contribution in [3.05, 3.63) is 0 Å². The van der Waals surface area contributed by atoms with Crippen molar-refractivity contribution in [2.24, 2.45) is 5.41 Å². The lowest BCUT2D eigenvalue weighted by Crippen LogP contribution is -2.48. The maximum Gasteiger partial charge on any atom is 0.309 e. The Kier molecular flexibility index (Phi) is 4.73. The molecule has 2 unspecified atom stereocenters. The molecule has 1 saturated heterocycles. The number of aliphatic carboxylic acids is 1. The fourth-order valence-corrected chi connectivity index (χ4v) is 2.18. The first-order valence-corrected chi connectivity index (χ1v) is 6.45. The number of nitrogens with one attached hydrogen (secondary N) is 1. The zero-order valence-corrected chi connectivity index (χ0v) is 11.7. The first kappa shape index (κ1) is 15.0. The molecule has 2 N–H and O–H groups in total. The van der Waals surface area contributed by atoms with Crippen LogP contribution in [-0.2, 0) is 9.59 Å². The van der Waals surface area contributed by atoms with Crippen molar-refractivity contribution in [2.75, 3.05) is 13.6 Å². The van der Waals surface area contributed by atoms with E-state index in [4.69, 9.17) is 5.11 Å². The third-order valence-corrected chi connectivity index (χ3v) is 3.75. The Hall–Kier alpha value is -1.10. The van der Waals surface area contributed by atoms with Gasteiger partial charge in [0.05, 0.1) is 5.41 Å². The van der Waals surface area contributed by atoms with E-state index in [9.17, 15) is 9.59 Å². The number of likely N-dealkylation sites (tertiary alicyclic amines) is 1. The van der Waals surface area contributed by atoms with Gasteiger partial charge in [0.15, 0.2) is 0 Å².